The summed E-state index contributed by atoms with van der Waals surface area (Å²) in [6.45, 7) is 6.09. The summed E-state index contributed by atoms with van der Waals surface area (Å²) in [5.74, 6) is 0. The second-order valence-electron chi connectivity index (χ2n) is 3.03. The fourth-order valence-corrected chi connectivity index (χ4v) is 2.07. The second kappa shape index (κ2) is 3.59. The molecule has 0 nitrogen and oxygen atoms in total. The van der Waals surface area contributed by atoms with Gasteiger partial charge in [-0.15, -0.1) is 0 Å². The first-order valence-electron chi connectivity index (χ1n) is 3.78. The Kier molecular flexibility index (Phi) is 2.92. The third kappa shape index (κ3) is 1.88. The molecule has 0 heterocycles. The molecule has 0 N–H and O–H groups in total. The minimum atomic E-state index is 0.352. The summed E-state index contributed by atoms with van der Waals surface area (Å²) in [6.07, 6.45) is 0. The van der Waals surface area contributed by atoms with E-state index in [0.29, 0.717) is 4.84 Å². The number of rotatable bonds is 1. The maximum absolute atomic E-state index is 5.75. The molecule has 0 amide bonds. The van der Waals surface area contributed by atoms with E-state index in [1.54, 1.807) is 0 Å². The van der Waals surface area contributed by atoms with Gasteiger partial charge in [-0.2, -0.15) is 0 Å². The van der Waals surface area contributed by atoms with Crippen LogP contribution in [0.5, 0.6) is 0 Å². The lowest BCUT2D eigenvalue weighted by atomic mass is 10.0. The number of benzene rings is 1. The van der Waals surface area contributed by atoms with Gasteiger partial charge in [0.2, 0.25) is 4.84 Å². The van der Waals surface area contributed by atoms with Gasteiger partial charge in [0.25, 0.3) is 0 Å². The fraction of sp³-hybridized carbons (Fsp3) is 0.300. The highest BCUT2D eigenvalue weighted by atomic mass is 35.5. The van der Waals surface area contributed by atoms with Crippen molar-refractivity contribution in [2.24, 2.45) is 0 Å². The second-order valence-corrected chi connectivity index (χ2v) is 3.98. The van der Waals surface area contributed by atoms with E-state index >= 15 is 0 Å². The lowest BCUT2D eigenvalue weighted by Gasteiger charge is -2.01. The normalized spacial score (nSPS) is 10.1. The third-order valence-electron chi connectivity index (χ3n) is 1.87. The first-order chi connectivity index (χ1) is 5.52. The van der Waals surface area contributed by atoms with Crippen LogP contribution in [0.3, 0.4) is 0 Å². The van der Waals surface area contributed by atoms with E-state index in [-0.39, 0.29) is 0 Å². The Balaban J connectivity index is 3.28. The molecule has 0 aliphatic heterocycles. The number of halogens is 2. The van der Waals surface area contributed by atoms with Crippen LogP contribution in [-0.4, -0.2) is 0 Å². The van der Waals surface area contributed by atoms with Crippen LogP contribution in [0.15, 0.2) is 12.1 Å². The van der Waals surface area contributed by atoms with Gasteiger partial charge < -0.3 is 0 Å². The quantitative estimate of drug-likeness (QED) is 0.605. The Hall–Kier alpha value is -0.330. The molecule has 0 bridgehead atoms. The highest BCUT2D eigenvalue weighted by molar-refractivity contribution is 6.54. The Bertz CT molecular complexity index is 267. The van der Waals surface area contributed by atoms with E-state index in [4.69, 9.17) is 23.2 Å². The van der Waals surface area contributed by atoms with Gasteiger partial charge in [-0.1, -0.05) is 0 Å². The zero-order chi connectivity index (χ0) is 9.30. The molecule has 0 aliphatic rings. The van der Waals surface area contributed by atoms with Crippen molar-refractivity contribution in [2.75, 3.05) is 0 Å². The summed E-state index contributed by atoms with van der Waals surface area (Å²) in [4.78, 5) is 0.352. The molecule has 2 heteroatoms. The van der Waals surface area contributed by atoms with Gasteiger partial charge in [-0.25, -0.2) is 0 Å². The number of hydrogen-bond donors (Lipinski definition) is 0. The summed E-state index contributed by atoms with van der Waals surface area (Å²) in [7, 11) is 0. The van der Waals surface area contributed by atoms with Crippen molar-refractivity contribution < 1.29 is 0 Å². The van der Waals surface area contributed by atoms with Crippen LogP contribution in [0.2, 0.25) is 0 Å². The van der Waals surface area contributed by atoms with Gasteiger partial charge in [-0.3, -0.25) is 0 Å². The van der Waals surface area contributed by atoms with E-state index in [1.807, 2.05) is 13.8 Å². The molecule has 0 saturated heterocycles. The van der Waals surface area contributed by atoms with Crippen molar-refractivity contribution in [3.05, 3.63) is 39.2 Å². The summed E-state index contributed by atoms with van der Waals surface area (Å²) in [5.41, 5.74) is 4.47. The largest absolute Gasteiger partial charge is 0.222 e. The van der Waals surface area contributed by atoms with Crippen molar-refractivity contribution in [1.29, 1.82) is 0 Å². The van der Waals surface area contributed by atoms with E-state index in [1.165, 1.54) is 5.56 Å². The minimum Gasteiger partial charge on any atom is -0.0374 e. The molecule has 0 fully saturated rings. The molecule has 0 aliphatic carbocycles. The molecular weight excluding hydrogens is 191 g/mol. The highest BCUT2D eigenvalue weighted by Crippen LogP contribution is 2.30. The van der Waals surface area contributed by atoms with Crippen LogP contribution in [0.25, 0.3) is 0 Å². The van der Waals surface area contributed by atoms with E-state index < -0.39 is 0 Å². The Morgan fingerprint density at radius 2 is 1.42 bits per heavy atom. The molecule has 0 radical (unpaired) electrons. The molecule has 0 spiro atoms. The van der Waals surface area contributed by atoms with Gasteiger partial charge >= 0.3 is 0 Å². The molecular formula is C10H11Cl2+. The molecule has 0 aromatic heterocycles. The van der Waals surface area contributed by atoms with E-state index in [0.717, 1.165) is 16.7 Å². The van der Waals surface area contributed by atoms with E-state index in [9.17, 15) is 0 Å². The van der Waals surface area contributed by atoms with Crippen LogP contribution in [0.1, 0.15) is 22.3 Å². The standard InChI is InChI=1S/C10H11Cl2/c1-6-4-7(2)9(10(11)12)8(3)5-6/h4-5H,1-3H3/q+1. The Morgan fingerprint density at radius 1 is 1.00 bits per heavy atom. The lowest BCUT2D eigenvalue weighted by Crippen LogP contribution is -1.94. The van der Waals surface area contributed by atoms with Crippen molar-refractivity contribution in [1.82, 2.24) is 0 Å². The SMILES string of the molecule is Cc1cc(C)c([C+](Cl)Cl)c(C)c1. The zero-order valence-corrected chi connectivity index (χ0v) is 8.92. The molecule has 0 atom stereocenters. The summed E-state index contributed by atoms with van der Waals surface area (Å²) < 4.78 is 0. The van der Waals surface area contributed by atoms with Crippen molar-refractivity contribution in [3.8, 4) is 0 Å². The monoisotopic (exact) mass is 201 g/mol. The van der Waals surface area contributed by atoms with Gasteiger partial charge in [-0.05, 0) is 12.5 Å². The summed E-state index contributed by atoms with van der Waals surface area (Å²) in [5, 5.41) is 0. The lowest BCUT2D eigenvalue weighted by molar-refractivity contribution is 1.26. The van der Waals surface area contributed by atoms with Crippen molar-refractivity contribution >= 4 is 23.2 Å². The van der Waals surface area contributed by atoms with Crippen molar-refractivity contribution in [3.63, 3.8) is 0 Å². The number of hydrogen-bond acceptors (Lipinski definition) is 0. The summed E-state index contributed by atoms with van der Waals surface area (Å²) in [6, 6.07) is 4.15. The van der Waals surface area contributed by atoms with Gasteiger partial charge in [0.05, 0.1) is 11.1 Å². The van der Waals surface area contributed by atoms with Crippen LogP contribution < -0.4 is 0 Å². The van der Waals surface area contributed by atoms with E-state index in [2.05, 4.69) is 19.1 Å². The minimum absolute atomic E-state index is 0.352. The fourth-order valence-electron chi connectivity index (χ4n) is 1.48. The highest BCUT2D eigenvalue weighted by Gasteiger charge is 2.21. The number of aryl methyl sites for hydroxylation is 3. The first-order valence-corrected chi connectivity index (χ1v) is 4.54. The van der Waals surface area contributed by atoms with Gasteiger partial charge in [0, 0.05) is 49.2 Å². The molecule has 64 valence electrons. The topological polar surface area (TPSA) is 0 Å². The van der Waals surface area contributed by atoms with Crippen LogP contribution >= 0.6 is 23.2 Å². The summed E-state index contributed by atoms with van der Waals surface area (Å²) >= 11 is 11.5. The molecule has 12 heavy (non-hydrogen) atoms. The molecule has 1 rings (SSSR count). The molecule has 0 unspecified atom stereocenters. The average Bonchev–Trinajstić information content (AvgIpc) is 1.82. The predicted molar refractivity (Wildman–Crippen MR) is 54.7 cm³/mol. The Morgan fingerprint density at radius 3 is 1.75 bits per heavy atom. The van der Waals surface area contributed by atoms with Gasteiger partial charge in [0.15, 0.2) is 5.56 Å². The first kappa shape index (κ1) is 9.76. The zero-order valence-electron chi connectivity index (χ0n) is 7.41. The molecule has 0 saturated carbocycles. The smallest absolute Gasteiger partial charge is 0.0374 e. The van der Waals surface area contributed by atoms with Crippen LogP contribution in [-0.2, 0) is 0 Å². The maximum Gasteiger partial charge on any atom is 0.222 e. The van der Waals surface area contributed by atoms with Crippen molar-refractivity contribution in [2.45, 2.75) is 20.8 Å². The third-order valence-corrected chi connectivity index (χ3v) is 2.24. The molecule has 1 aromatic rings. The van der Waals surface area contributed by atoms with Crippen LogP contribution in [0, 0.1) is 25.6 Å². The predicted octanol–water partition coefficient (Wildman–Crippen LogP) is 3.93. The molecule has 1 aromatic carbocycles. The average molecular weight is 202 g/mol. The van der Waals surface area contributed by atoms with Crippen LogP contribution in [0.4, 0.5) is 0 Å². The maximum atomic E-state index is 5.75. The van der Waals surface area contributed by atoms with Gasteiger partial charge in [0.1, 0.15) is 0 Å². The Labute approximate surface area is 83.5 Å².